The van der Waals surface area contributed by atoms with Gasteiger partial charge >= 0.3 is 0 Å². The lowest BCUT2D eigenvalue weighted by Crippen LogP contribution is -2.45. The molecule has 0 spiro atoms. The lowest BCUT2D eigenvalue weighted by atomic mass is 10.2. The topological polar surface area (TPSA) is 75.8 Å². The van der Waals surface area contributed by atoms with Crippen LogP contribution in [0.15, 0.2) is 30.3 Å². The van der Waals surface area contributed by atoms with Gasteiger partial charge in [-0.2, -0.15) is 0 Å². The van der Waals surface area contributed by atoms with Crippen molar-refractivity contribution in [3.8, 4) is 0 Å². The number of rotatable bonds is 5. The number of carbonyl (C=O) groups excluding carboxylic acids is 1. The van der Waals surface area contributed by atoms with E-state index in [4.69, 9.17) is 10.5 Å². The number of amides is 1. The molecule has 1 saturated heterocycles. The van der Waals surface area contributed by atoms with E-state index in [9.17, 15) is 9.90 Å². The molecular weight excluding hydrogens is 232 g/mol. The molecule has 0 saturated carbocycles. The highest BCUT2D eigenvalue weighted by atomic mass is 16.5. The molecule has 1 aliphatic rings. The SMILES string of the molecule is NC(=O)C(OCc1ccccc1)N1CCC(O)C1. The molecule has 1 aliphatic heterocycles. The lowest BCUT2D eigenvalue weighted by molar-refractivity contribution is -0.144. The summed E-state index contributed by atoms with van der Waals surface area (Å²) in [5.41, 5.74) is 6.33. The molecule has 1 fully saturated rings. The predicted octanol–water partition coefficient (Wildman–Crippen LogP) is 0.0812. The zero-order valence-electron chi connectivity index (χ0n) is 10.2. The molecule has 5 heteroatoms. The summed E-state index contributed by atoms with van der Waals surface area (Å²) in [4.78, 5) is 13.2. The van der Waals surface area contributed by atoms with Crippen LogP contribution >= 0.6 is 0 Å². The fraction of sp³-hybridized carbons (Fsp3) is 0.462. The maximum absolute atomic E-state index is 11.4. The Balaban J connectivity index is 1.93. The zero-order chi connectivity index (χ0) is 13.0. The second-order valence-corrected chi connectivity index (χ2v) is 4.49. The number of nitrogens with two attached hydrogens (primary N) is 1. The van der Waals surface area contributed by atoms with Gasteiger partial charge < -0.3 is 15.6 Å². The van der Waals surface area contributed by atoms with Gasteiger partial charge in [-0.25, -0.2) is 0 Å². The Morgan fingerprint density at radius 2 is 2.22 bits per heavy atom. The molecule has 18 heavy (non-hydrogen) atoms. The van der Waals surface area contributed by atoms with E-state index in [1.165, 1.54) is 0 Å². The number of hydrogen-bond donors (Lipinski definition) is 2. The summed E-state index contributed by atoms with van der Waals surface area (Å²) in [6, 6.07) is 9.61. The Morgan fingerprint density at radius 1 is 1.50 bits per heavy atom. The van der Waals surface area contributed by atoms with Crippen molar-refractivity contribution >= 4 is 5.91 Å². The summed E-state index contributed by atoms with van der Waals surface area (Å²) >= 11 is 0. The van der Waals surface area contributed by atoms with E-state index in [0.29, 0.717) is 26.1 Å². The number of aliphatic hydroxyl groups is 1. The first-order valence-corrected chi connectivity index (χ1v) is 6.04. The van der Waals surface area contributed by atoms with Gasteiger partial charge in [0.2, 0.25) is 0 Å². The number of β-amino-alcohol motifs (C(OH)–C–C–N with tert-alkyl or cyclic N) is 1. The van der Waals surface area contributed by atoms with E-state index in [1.807, 2.05) is 30.3 Å². The summed E-state index contributed by atoms with van der Waals surface area (Å²) in [5, 5.41) is 9.47. The molecule has 98 valence electrons. The van der Waals surface area contributed by atoms with Crippen molar-refractivity contribution in [1.29, 1.82) is 0 Å². The number of ether oxygens (including phenoxy) is 1. The van der Waals surface area contributed by atoms with E-state index >= 15 is 0 Å². The van der Waals surface area contributed by atoms with Gasteiger partial charge in [0.15, 0.2) is 6.23 Å². The van der Waals surface area contributed by atoms with E-state index in [1.54, 1.807) is 4.90 Å². The fourth-order valence-electron chi connectivity index (χ4n) is 2.10. The number of hydrogen-bond acceptors (Lipinski definition) is 4. The van der Waals surface area contributed by atoms with Gasteiger partial charge in [-0.3, -0.25) is 9.69 Å². The van der Waals surface area contributed by atoms with E-state index in [-0.39, 0.29) is 0 Å². The third-order valence-electron chi connectivity index (χ3n) is 3.02. The molecule has 5 nitrogen and oxygen atoms in total. The van der Waals surface area contributed by atoms with Crippen molar-refractivity contribution in [3.63, 3.8) is 0 Å². The Labute approximate surface area is 106 Å². The minimum atomic E-state index is -0.762. The van der Waals surface area contributed by atoms with E-state index < -0.39 is 18.2 Å². The van der Waals surface area contributed by atoms with Gasteiger partial charge in [0.1, 0.15) is 0 Å². The average molecular weight is 250 g/mol. The third-order valence-corrected chi connectivity index (χ3v) is 3.02. The smallest absolute Gasteiger partial charge is 0.261 e. The second-order valence-electron chi connectivity index (χ2n) is 4.49. The van der Waals surface area contributed by atoms with Gasteiger partial charge in [-0.05, 0) is 12.0 Å². The summed E-state index contributed by atoms with van der Waals surface area (Å²) in [7, 11) is 0. The van der Waals surface area contributed by atoms with Gasteiger partial charge in [0.25, 0.3) is 5.91 Å². The molecule has 1 aromatic rings. The van der Waals surface area contributed by atoms with Gasteiger partial charge in [-0.1, -0.05) is 30.3 Å². The highest BCUT2D eigenvalue weighted by Gasteiger charge is 2.31. The van der Waals surface area contributed by atoms with Crippen LogP contribution < -0.4 is 5.73 Å². The number of nitrogens with zero attached hydrogens (tertiary/aromatic N) is 1. The molecule has 1 amide bonds. The van der Waals surface area contributed by atoms with Crippen LogP contribution in [0, 0.1) is 0 Å². The van der Waals surface area contributed by atoms with Crippen LogP contribution in [0.1, 0.15) is 12.0 Å². The van der Waals surface area contributed by atoms with Crippen molar-refractivity contribution in [1.82, 2.24) is 4.90 Å². The molecule has 2 atom stereocenters. The van der Waals surface area contributed by atoms with Crippen LogP contribution in [0.5, 0.6) is 0 Å². The second kappa shape index (κ2) is 5.95. The molecular formula is C13H18N2O3. The van der Waals surface area contributed by atoms with Crippen LogP contribution in [0.25, 0.3) is 0 Å². The molecule has 2 rings (SSSR count). The fourth-order valence-corrected chi connectivity index (χ4v) is 2.10. The van der Waals surface area contributed by atoms with E-state index in [0.717, 1.165) is 5.56 Å². The Hall–Kier alpha value is -1.43. The number of likely N-dealkylation sites (tertiary alicyclic amines) is 1. The minimum absolute atomic E-state index is 0.334. The first kappa shape index (κ1) is 13.0. The minimum Gasteiger partial charge on any atom is -0.392 e. The van der Waals surface area contributed by atoms with Crippen LogP contribution in [-0.4, -0.2) is 41.3 Å². The highest BCUT2D eigenvalue weighted by Crippen LogP contribution is 2.14. The van der Waals surface area contributed by atoms with Crippen LogP contribution in [0.4, 0.5) is 0 Å². The van der Waals surface area contributed by atoms with Crippen LogP contribution in [-0.2, 0) is 16.1 Å². The van der Waals surface area contributed by atoms with Crippen LogP contribution in [0.3, 0.4) is 0 Å². The first-order valence-electron chi connectivity index (χ1n) is 6.04. The normalized spacial score (nSPS) is 21.9. The molecule has 2 unspecified atom stereocenters. The summed E-state index contributed by atoms with van der Waals surface area (Å²) in [5.74, 6) is -0.514. The molecule has 0 aliphatic carbocycles. The van der Waals surface area contributed by atoms with Gasteiger partial charge in [0.05, 0.1) is 12.7 Å². The maximum Gasteiger partial charge on any atom is 0.261 e. The molecule has 1 heterocycles. The van der Waals surface area contributed by atoms with Crippen LogP contribution in [0.2, 0.25) is 0 Å². The standard InChI is InChI=1S/C13H18N2O3/c14-12(17)13(15-7-6-11(16)8-15)18-9-10-4-2-1-3-5-10/h1-5,11,13,16H,6-9H2,(H2,14,17). The molecule has 0 aromatic heterocycles. The zero-order valence-corrected chi connectivity index (χ0v) is 10.2. The number of aliphatic hydroxyl groups excluding tert-OH is 1. The summed E-state index contributed by atoms with van der Waals surface area (Å²) in [6.07, 6.45) is -0.507. The Bertz CT molecular complexity index is 396. The first-order chi connectivity index (χ1) is 8.66. The van der Waals surface area contributed by atoms with Crippen molar-refractivity contribution in [2.24, 2.45) is 5.73 Å². The third kappa shape index (κ3) is 3.29. The average Bonchev–Trinajstić information content (AvgIpc) is 2.77. The van der Waals surface area contributed by atoms with Crippen molar-refractivity contribution in [3.05, 3.63) is 35.9 Å². The number of carbonyl (C=O) groups is 1. The van der Waals surface area contributed by atoms with E-state index in [2.05, 4.69) is 0 Å². The van der Waals surface area contributed by atoms with Gasteiger partial charge in [0, 0.05) is 13.1 Å². The quantitative estimate of drug-likeness (QED) is 0.776. The molecule has 0 bridgehead atoms. The van der Waals surface area contributed by atoms with Crippen molar-refractivity contribution in [2.45, 2.75) is 25.4 Å². The molecule has 1 aromatic carbocycles. The van der Waals surface area contributed by atoms with Gasteiger partial charge in [-0.15, -0.1) is 0 Å². The number of benzene rings is 1. The summed E-state index contributed by atoms with van der Waals surface area (Å²) < 4.78 is 5.56. The number of primary amides is 1. The molecule has 3 N–H and O–H groups in total. The monoisotopic (exact) mass is 250 g/mol. The Kier molecular flexibility index (Phi) is 4.30. The summed E-state index contributed by atoms with van der Waals surface area (Å²) in [6.45, 7) is 1.40. The predicted molar refractivity (Wildman–Crippen MR) is 66.4 cm³/mol. The van der Waals surface area contributed by atoms with Crippen molar-refractivity contribution in [2.75, 3.05) is 13.1 Å². The maximum atomic E-state index is 11.4. The lowest BCUT2D eigenvalue weighted by Gasteiger charge is -2.24. The van der Waals surface area contributed by atoms with Crippen molar-refractivity contribution < 1.29 is 14.6 Å². The largest absolute Gasteiger partial charge is 0.392 e. The molecule has 0 radical (unpaired) electrons. The Morgan fingerprint density at radius 3 is 2.78 bits per heavy atom. The highest BCUT2D eigenvalue weighted by molar-refractivity contribution is 5.78.